The molecule has 2 aromatic heterocycles. The molecular weight excluding hydrogens is 266 g/mol. The molecule has 2 heterocycles. The van der Waals surface area contributed by atoms with E-state index >= 15 is 0 Å². The van der Waals surface area contributed by atoms with Gasteiger partial charge in [0.05, 0.1) is 6.04 Å². The van der Waals surface area contributed by atoms with Crippen LogP contribution in [-0.2, 0) is 0 Å². The van der Waals surface area contributed by atoms with Gasteiger partial charge in [-0.1, -0.05) is 0 Å². The van der Waals surface area contributed by atoms with Crippen molar-refractivity contribution < 1.29 is 4.42 Å². The summed E-state index contributed by atoms with van der Waals surface area (Å²) in [5.74, 6) is 10.2. The Labute approximate surface area is 124 Å². The predicted octanol–water partition coefficient (Wildman–Crippen LogP) is 3.02. The average Bonchev–Trinajstić information content (AvgIpc) is 3.22. The number of anilines is 2. The van der Waals surface area contributed by atoms with E-state index in [0.29, 0.717) is 11.7 Å². The van der Waals surface area contributed by atoms with Crippen LogP contribution in [0.4, 0.5) is 11.6 Å². The summed E-state index contributed by atoms with van der Waals surface area (Å²) in [5.41, 5.74) is 3.58. The molecule has 0 spiro atoms. The van der Waals surface area contributed by atoms with E-state index in [1.54, 1.807) is 0 Å². The second kappa shape index (κ2) is 5.37. The number of rotatable bonds is 5. The summed E-state index contributed by atoms with van der Waals surface area (Å²) >= 11 is 0. The van der Waals surface area contributed by atoms with Crippen LogP contribution in [0.2, 0.25) is 0 Å². The topological polar surface area (TPSA) is 89.0 Å². The molecular formula is C15H21N5O. The summed E-state index contributed by atoms with van der Waals surface area (Å²) in [6.45, 7) is 5.94. The van der Waals surface area contributed by atoms with Gasteiger partial charge in [0.25, 0.3) is 0 Å². The van der Waals surface area contributed by atoms with Crippen molar-refractivity contribution in [3.63, 3.8) is 0 Å². The number of nitrogens with one attached hydrogen (secondary N) is 2. The lowest BCUT2D eigenvalue weighted by molar-refractivity contribution is 0.466. The molecule has 0 radical (unpaired) electrons. The molecule has 0 bridgehead atoms. The van der Waals surface area contributed by atoms with E-state index < -0.39 is 0 Å². The van der Waals surface area contributed by atoms with Gasteiger partial charge in [0.15, 0.2) is 0 Å². The summed E-state index contributed by atoms with van der Waals surface area (Å²) in [6, 6.07) is 3.97. The Morgan fingerprint density at radius 2 is 1.95 bits per heavy atom. The molecule has 1 atom stereocenters. The fourth-order valence-corrected chi connectivity index (χ4v) is 2.30. The Bertz CT molecular complexity index is 648. The summed E-state index contributed by atoms with van der Waals surface area (Å²) in [5, 5.41) is 3.40. The molecule has 1 saturated carbocycles. The lowest BCUT2D eigenvalue weighted by Gasteiger charge is -2.17. The van der Waals surface area contributed by atoms with Gasteiger partial charge in [0.2, 0.25) is 0 Å². The number of hydrazine groups is 1. The van der Waals surface area contributed by atoms with Gasteiger partial charge in [-0.15, -0.1) is 0 Å². The molecule has 21 heavy (non-hydrogen) atoms. The molecule has 0 amide bonds. The van der Waals surface area contributed by atoms with Gasteiger partial charge in [0.1, 0.15) is 29.0 Å². The number of nitrogen functional groups attached to an aromatic ring is 1. The lowest BCUT2D eigenvalue weighted by atomic mass is 10.2. The van der Waals surface area contributed by atoms with Gasteiger partial charge in [-0.05, 0) is 45.7 Å². The summed E-state index contributed by atoms with van der Waals surface area (Å²) in [6.07, 6.45) is 2.30. The first-order chi connectivity index (χ1) is 10.1. The Kier molecular flexibility index (Phi) is 3.55. The number of hydrogen-bond donors (Lipinski definition) is 3. The maximum Gasteiger partial charge on any atom is 0.148 e. The highest BCUT2D eigenvalue weighted by Crippen LogP contribution is 2.39. The van der Waals surface area contributed by atoms with Crippen LogP contribution >= 0.6 is 0 Å². The first-order valence-corrected chi connectivity index (χ1v) is 7.26. The molecule has 0 saturated heterocycles. The number of aryl methyl sites for hydroxylation is 1. The Morgan fingerprint density at radius 3 is 2.52 bits per heavy atom. The van der Waals surface area contributed by atoms with E-state index in [-0.39, 0.29) is 6.04 Å². The van der Waals surface area contributed by atoms with Gasteiger partial charge in [-0.2, -0.15) is 0 Å². The third kappa shape index (κ3) is 2.85. The van der Waals surface area contributed by atoms with Crippen molar-refractivity contribution in [3.05, 3.63) is 35.0 Å². The minimum Gasteiger partial charge on any atom is -0.464 e. The van der Waals surface area contributed by atoms with Gasteiger partial charge in [-0.25, -0.2) is 15.8 Å². The second-order valence-corrected chi connectivity index (χ2v) is 5.64. The largest absolute Gasteiger partial charge is 0.464 e. The normalized spacial score (nSPS) is 15.8. The van der Waals surface area contributed by atoms with Crippen LogP contribution in [0.15, 0.2) is 16.5 Å². The number of nitrogens with zero attached hydrogens (tertiary/aromatic N) is 2. The molecule has 3 rings (SSSR count). The highest BCUT2D eigenvalue weighted by Gasteiger charge is 2.28. The van der Waals surface area contributed by atoms with E-state index in [2.05, 4.69) is 20.7 Å². The average molecular weight is 287 g/mol. The van der Waals surface area contributed by atoms with E-state index in [0.717, 1.165) is 41.6 Å². The minimum atomic E-state index is 0.0324. The van der Waals surface area contributed by atoms with Gasteiger partial charge in [-0.3, -0.25) is 0 Å². The van der Waals surface area contributed by atoms with Gasteiger partial charge < -0.3 is 15.2 Å². The van der Waals surface area contributed by atoms with Crippen molar-refractivity contribution in [2.45, 2.75) is 45.6 Å². The first kappa shape index (κ1) is 13.9. The van der Waals surface area contributed by atoms with Crippen LogP contribution < -0.4 is 16.6 Å². The highest BCUT2D eigenvalue weighted by molar-refractivity contribution is 5.57. The van der Waals surface area contributed by atoms with Crippen LogP contribution in [-0.4, -0.2) is 9.97 Å². The van der Waals surface area contributed by atoms with Gasteiger partial charge >= 0.3 is 0 Å². The van der Waals surface area contributed by atoms with E-state index in [1.165, 1.54) is 0 Å². The Balaban J connectivity index is 1.88. The minimum absolute atomic E-state index is 0.0324. The molecule has 0 aromatic carbocycles. The molecule has 1 unspecified atom stereocenters. The molecule has 4 N–H and O–H groups in total. The summed E-state index contributed by atoms with van der Waals surface area (Å²) in [7, 11) is 0. The van der Waals surface area contributed by atoms with Crippen molar-refractivity contribution in [1.29, 1.82) is 0 Å². The molecule has 6 heteroatoms. The molecule has 1 fully saturated rings. The van der Waals surface area contributed by atoms with Crippen molar-refractivity contribution in [1.82, 2.24) is 9.97 Å². The van der Waals surface area contributed by atoms with Crippen LogP contribution in [0.5, 0.6) is 0 Å². The SMILES string of the molecule is Cc1ccc(C(C)Nc2nc(C3CC3)nc(NN)c2C)o1. The van der Waals surface area contributed by atoms with Crippen molar-refractivity contribution in [2.24, 2.45) is 5.84 Å². The number of hydrogen-bond acceptors (Lipinski definition) is 6. The fraction of sp³-hybridized carbons (Fsp3) is 0.467. The highest BCUT2D eigenvalue weighted by atomic mass is 16.3. The zero-order chi connectivity index (χ0) is 15.0. The molecule has 0 aliphatic heterocycles. The van der Waals surface area contributed by atoms with Crippen molar-refractivity contribution in [3.8, 4) is 0 Å². The molecule has 2 aromatic rings. The third-order valence-electron chi connectivity index (χ3n) is 3.78. The standard InChI is InChI=1S/C15H21N5O/c1-8-4-7-12(21-8)10(3)17-13-9(2)14(20-16)19-15(18-13)11-5-6-11/h4,7,10-11H,5-6,16H2,1-3H3,(H2,17,18,19,20). The summed E-state index contributed by atoms with van der Waals surface area (Å²) < 4.78 is 5.66. The van der Waals surface area contributed by atoms with Crippen LogP contribution in [0.25, 0.3) is 0 Å². The molecule has 1 aliphatic rings. The number of nitrogens with two attached hydrogens (primary N) is 1. The molecule has 112 valence electrons. The third-order valence-corrected chi connectivity index (χ3v) is 3.78. The van der Waals surface area contributed by atoms with Crippen molar-refractivity contribution >= 4 is 11.6 Å². The maximum atomic E-state index is 5.66. The van der Waals surface area contributed by atoms with E-state index in [1.807, 2.05) is 32.9 Å². The predicted molar refractivity (Wildman–Crippen MR) is 82.0 cm³/mol. The quantitative estimate of drug-likeness (QED) is 0.578. The molecule has 1 aliphatic carbocycles. The maximum absolute atomic E-state index is 5.66. The monoisotopic (exact) mass is 287 g/mol. The Morgan fingerprint density at radius 1 is 1.24 bits per heavy atom. The van der Waals surface area contributed by atoms with E-state index in [9.17, 15) is 0 Å². The zero-order valence-corrected chi connectivity index (χ0v) is 12.6. The van der Waals surface area contributed by atoms with Crippen LogP contribution in [0.1, 0.15) is 54.6 Å². The van der Waals surface area contributed by atoms with Crippen LogP contribution in [0.3, 0.4) is 0 Å². The molecule has 6 nitrogen and oxygen atoms in total. The smallest absolute Gasteiger partial charge is 0.148 e. The van der Waals surface area contributed by atoms with E-state index in [4.69, 9.17) is 10.3 Å². The second-order valence-electron chi connectivity index (χ2n) is 5.64. The summed E-state index contributed by atoms with van der Waals surface area (Å²) in [4.78, 5) is 9.14. The van der Waals surface area contributed by atoms with Crippen molar-refractivity contribution in [2.75, 3.05) is 10.7 Å². The zero-order valence-electron chi connectivity index (χ0n) is 12.6. The number of furan rings is 1. The lowest BCUT2D eigenvalue weighted by Crippen LogP contribution is -2.16. The van der Waals surface area contributed by atoms with Gasteiger partial charge in [0, 0.05) is 11.5 Å². The number of aromatic nitrogens is 2. The fourth-order valence-electron chi connectivity index (χ4n) is 2.30. The first-order valence-electron chi connectivity index (χ1n) is 7.26. The Hall–Kier alpha value is -2.08. The van der Waals surface area contributed by atoms with Crippen LogP contribution in [0, 0.1) is 13.8 Å².